The molecule has 2 aliphatic rings. The van der Waals surface area contributed by atoms with E-state index in [1.165, 1.54) is 32.4 Å². The summed E-state index contributed by atoms with van der Waals surface area (Å²) in [5, 5.41) is 0. The van der Waals surface area contributed by atoms with Crippen LogP contribution in [0.15, 0.2) is 0 Å². The van der Waals surface area contributed by atoms with E-state index >= 15 is 0 Å². The Balaban J connectivity index is 1.93. The summed E-state index contributed by atoms with van der Waals surface area (Å²) in [5.41, 5.74) is 0. The second-order valence-electron chi connectivity index (χ2n) is 3.26. The maximum Gasteiger partial charge on any atom is 0.0622 e. The molecule has 2 heteroatoms. The topological polar surface area (TPSA) is 12.5 Å². The lowest BCUT2D eigenvalue weighted by atomic mass is 10.0. The zero-order chi connectivity index (χ0) is 6.81. The minimum atomic E-state index is 0.766. The molecule has 1 atom stereocenters. The molecule has 2 heterocycles. The second kappa shape index (κ2) is 2.89. The fourth-order valence-electron chi connectivity index (χ4n) is 1.94. The van der Waals surface area contributed by atoms with Gasteiger partial charge in [0.1, 0.15) is 0 Å². The number of nitrogens with zero attached hydrogens (tertiary/aromatic N) is 1. The highest BCUT2D eigenvalue weighted by atomic mass is 16.5. The predicted octanol–water partition coefficient (Wildman–Crippen LogP) is 0.871. The lowest BCUT2D eigenvalue weighted by molar-refractivity contribution is -0.0231. The number of ether oxygens (including phenoxy) is 1. The Hall–Kier alpha value is -0.0800. The summed E-state index contributed by atoms with van der Waals surface area (Å²) >= 11 is 0. The lowest BCUT2D eigenvalue weighted by Crippen LogP contribution is -2.47. The van der Waals surface area contributed by atoms with E-state index in [-0.39, 0.29) is 0 Å². The average Bonchev–Trinajstić information content (AvgIpc) is 2.05. The molecule has 2 nitrogen and oxygen atoms in total. The van der Waals surface area contributed by atoms with Crippen LogP contribution in [0.4, 0.5) is 0 Å². The molecule has 0 radical (unpaired) electrons. The Kier molecular flexibility index (Phi) is 1.91. The summed E-state index contributed by atoms with van der Waals surface area (Å²) < 4.78 is 5.40. The van der Waals surface area contributed by atoms with Gasteiger partial charge in [0.2, 0.25) is 0 Å². The molecule has 0 aliphatic carbocycles. The molecule has 0 saturated carbocycles. The van der Waals surface area contributed by atoms with Gasteiger partial charge < -0.3 is 4.74 Å². The van der Waals surface area contributed by atoms with Gasteiger partial charge in [0.05, 0.1) is 13.2 Å². The molecule has 0 spiro atoms. The van der Waals surface area contributed by atoms with Crippen molar-refractivity contribution >= 4 is 0 Å². The van der Waals surface area contributed by atoms with E-state index in [1.54, 1.807) is 0 Å². The number of rotatable bonds is 0. The Morgan fingerprint density at radius 3 is 3.10 bits per heavy atom. The molecule has 0 aromatic rings. The van der Waals surface area contributed by atoms with Crippen molar-refractivity contribution in [3.8, 4) is 0 Å². The van der Waals surface area contributed by atoms with Gasteiger partial charge in [-0.2, -0.15) is 0 Å². The summed E-state index contributed by atoms with van der Waals surface area (Å²) in [6, 6.07) is 0.766. The first-order valence-corrected chi connectivity index (χ1v) is 4.28. The molecule has 0 aromatic heterocycles. The van der Waals surface area contributed by atoms with Gasteiger partial charge in [-0.15, -0.1) is 0 Å². The highest BCUT2D eigenvalue weighted by Gasteiger charge is 2.24. The lowest BCUT2D eigenvalue weighted by Gasteiger charge is -2.38. The maximum atomic E-state index is 5.40. The first kappa shape index (κ1) is 6.62. The number of hydrogen-bond acceptors (Lipinski definition) is 2. The van der Waals surface area contributed by atoms with Crippen molar-refractivity contribution in [3.63, 3.8) is 0 Å². The molecule has 2 aliphatic heterocycles. The molecular formula is C8H15NO. The predicted molar refractivity (Wildman–Crippen MR) is 40.0 cm³/mol. The van der Waals surface area contributed by atoms with Gasteiger partial charge in [0.25, 0.3) is 0 Å². The smallest absolute Gasteiger partial charge is 0.0622 e. The second-order valence-corrected chi connectivity index (χ2v) is 3.26. The Bertz CT molecular complexity index is 89.8. The fourth-order valence-corrected chi connectivity index (χ4v) is 1.94. The van der Waals surface area contributed by atoms with Crippen LogP contribution < -0.4 is 0 Å². The van der Waals surface area contributed by atoms with Crippen molar-refractivity contribution in [1.29, 1.82) is 0 Å². The van der Waals surface area contributed by atoms with Crippen LogP contribution in [-0.2, 0) is 4.74 Å². The normalized spacial score (nSPS) is 35.4. The molecule has 0 amide bonds. The Morgan fingerprint density at radius 1 is 1.20 bits per heavy atom. The molecule has 2 saturated heterocycles. The van der Waals surface area contributed by atoms with Crippen molar-refractivity contribution in [2.75, 3.05) is 26.3 Å². The van der Waals surface area contributed by atoms with Crippen molar-refractivity contribution in [3.05, 3.63) is 0 Å². The molecule has 10 heavy (non-hydrogen) atoms. The first-order chi connectivity index (χ1) is 4.97. The third-order valence-electron chi connectivity index (χ3n) is 2.58. The van der Waals surface area contributed by atoms with E-state index in [1.807, 2.05) is 0 Å². The van der Waals surface area contributed by atoms with E-state index < -0.39 is 0 Å². The van der Waals surface area contributed by atoms with E-state index in [0.29, 0.717) is 0 Å². The minimum Gasteiger partial charge on any atom is -0.378 e. The Morgan fingerprint density at radius 2 is 2.20 bits per heavy atom. The highest BCUT2D eigenvalue weighted by Crippen LogP contribution is 2.18. The van der Waals surface area contributed by atoms with Crippen LogP contribution in [0.1, 0.15) is 19.3 Å². The summed E-state index contributed by atoms with van der Waals surface area (Å²) in [6.07, 6.45) is 4.17. The zero-order valence-electron chi connectivity index (χ0n) is 6.38. The van der Waals surface area contributed by atoms with Gasteiger partial charge in [-0.1, -0.05) is 6.42 Å². The number of morpholine rings is 1. The van der Waals surface area contributed by atoms with Crippen LogP contribution in [0.5, 0.6) is 0 Å². The van der Waals surface area contributed by atoms with Gasteiger partial charge in [0, 0.05) is 12.6 Å². The van der Waals surface area contributed by atoms with Crippen molar-refractivity contribution < 1.29 is 4.74 Å². The molecule has 0 bridgehead atoms. The summed E-state index contributed by atoms with van der Waals surface area (Å²) in [6.45, 7) is 4.43. The van der Waals surface area contributed by atoms with Crippen LogP contribution in [0, 0.1) is 0 Å². The molecule has 0 N–H and O–H groups in total. The van der Waals surface area contributed by atoms with Crippen LogP contribution >= 0.6 is 0 Å². The average molecular weight is 141 g/mol. The van der Waals surface area contributed by atoms with Crippen LogP contribution in [-0.4, -0.2) is 37.2 Å². The van der Waals surface area contributed by atoms with Gasteiger partial charge in [-0.3, -0.25) is 4.90 Å². The monoisotopic (exact) mass is 141 g/mol. The van der Waals surface area contributed by atoms with E-state index in [9.17, 15) is 0 Å². The number of fused-ring (bicyclic) bond motifs is 1. The highest BCUT2D eigenvalue weighted by molar-refractivity contribution is 4.78. The molecular weight excluding hydrogens is 126 g/mol. The van der Waals surface area contributed by atoms with E-state index in [2.05, 4.69) is 4.90 Å². The molecule has 58 valence electrons. The third kappa shape index (κ3) is 1.18. The van der Waals surface area contributed by atoms with Gasteiger partial charge in [0.15, 0.2) is 0 Å². The van der Waals surface area contributed by atoms with Crippen LogP contribution in [0.2, 0.25) is 0 Å². The zero-order valence-corrected chi connectivity index (χ0v) is 6.38. The summed E-state index contributed by atoms with van der Waals surface area (Å²) in [4.78, 5) is 2.58. The largest absolute Gasteiger partial charge is 0.378 e. The summed E-state index contributed by atoms with van der Waals surface area (Å²) in [7, 11) is 0. The van der Waals surface area contributed by atoms with Gasteiger partial charge >= 0.3 is 0 Å². The third-order valence-corrected chi connectivity index (χ3v) is 2.58. The standard InChI is InChI=1S/C8H15NO/c1-2-4-9-5-6-10-7-8(9)3-1/h8H,1-7H2. The van der Waals surface area contributed by atoms with Crippen LogP contribution in [0.3, 0.4) is 0 Å². The number of hydrogen-bond donors (Lipinski definition) is 0. The molecule has 1 unspecified atom stereocenters. The number of piperidine rings is 1. The van der Waals surface area contributed by atoms with Crippen LogP contribution in [0.25, 0.3) is 0 Å². The SMILES string of the molecule is C1CCN2CCOCC2C1. The minimum absolute atomic E-state index is 0.766. The van der Waals surface area contributed by atoms with E-state index in [0.717, 1.165) is 19.3 Å². The van der Waals surface area contributed by atoms with Crippen molar-refractivity contribution in [2.24, 2.45) is 0 Å². The maximum absolute atomic E-state index is 5.40. The van der Waals surface area contributed by atoms with E-state index in [4.69, 9.17) is 4.74 Å². The molecule has 2 rings (SSSR count). The quantitative estimate of drug-likeness (QED) is 0.496. The summed E-state index contributed by atoms with van der Waals surface area (Å²) in [5.74, 6) is 0. The van der Waals surface area contributed by atoms with Crippen molar-refractivity contribution in [1.82, 2.24) is 4.90 Å². The molecule has 2 fully saturated rings. The first-order valence-electron chi connectivity index (χ1n) is 4.28. The molecule has 0 aromatic carbocycles. The van der Waals surface area contributed by atoms with Gasteiger partial charge in [-0.25, -0.2) is 0 Å². The van der Waals surface area contributed by atoms with Crippen molar-refractivity contribution in [2.45, 2.75) is 25.3 Å². The Labute approximate surface area is 62.2 Å². The fraction of sp³-hybridized carbons (Fsp3) is 1.00. The van der Waals surface area contributed by atoms with Gasteiger partial charge in [-0.05, 0) is 19.4 Å².